The molecular formula is C42H55N5. The first-order valence-electron chi connectivity index (χ1n) is 18.1. The Kier molecular flexibility index (Phi) is 9.22. The lowest BCUT2D eigenvalue weighted by Crippen LogP contribution is -2.72. The number of piperazine rings is 2. The average Bonchev–Trinajstić information content (AvgIpc) is 3.10. The first-order valence-corrected chi connectivity index (χ1v) is 18.1. The van der Waals surface area contributed by atoms with Gasteiger partial charge in [-0.05, 0) is 96.3 Å². The van der Waals surface area contributed by atoms with Crippen molar-refractivity contribution in [2.75, 3.05) is 67.6 Å². The molecule has 3 aromatic rings. The summed E-state index contributed by atoms with van der Waals surface area (Å²) in [6.07, 6.45) is 11.0. The lowest BCUT2D eigenvalue weighted by atomic mass is 9.81. The van der Waals surface area contributed by atoms with Crippen LogP contribution in [0.2, 0.25) is 0 Å². The lowest BCUT2D eigenvalue weighted by Gasteiger charge is -2.59. The molecule has 0 amide bonds. The van der Waals surface area contributed by atoms with Crippen molar-refractivity contribution in [3.8, 4) is 0 Å². The summed E-state index contributed by atoms with van der Waals surface area (Å²) < 4.78 is 0. The van der Waals surface area contributed by atoms with E-state index in [2.05, 4.69) is 156 Å². The molecule has 0 bridgehead atoms. The van der Waals surface area contributed by atoms with Crippen LogP contribution in [0.1, 0.15) is 44.2 Å². The van der Waals surface area contributed by atoms with Gasteiger partial charge in [0.15, 0.2) is 0 Å². The number of aryl methyl sites for hydroxylation is 2. The second kappa shape index (κ2) is 13.5. The molecule has 0 aromatic heterocycles. The van der Waals surface area contributed by atoms with Crippen LogP contribution in [0.5, 0.6) is 0 Å². The smallest absolute Gasteiger partial charge is 0.0633 e. The van der Waals surface area contributed by atoms with Crippen LogP contribution in [-0.4, -0.2) is 86.3 Å². The normalized spacial score (nSPS) is 29.2. The number of anilines is 3. The van der Waals surface area contributed by atoms with Gasteiger partial charge in [0, 0.05) is 80.5 Å². The SMILES string of the molecule is CC1=CCC(C)(N2CC(C3CCCN(c4ccc(C)cc4)C3)N(C)CC2C2CN(c3ccccc3)CCN2c2ccc(C)cc2)C=C1. The molecule has 5 unspecified atom stereocenters. The molecule has 4 aliphatic rings. The van der Waals surface area contributed by atoms with Gasteiger partial charge < -0.3 is 19.6 Å². The zero-order chi connectivity index (χ0) is 32.5. The van der Waals surface area contributed by atoms with Gasteiger partial charge in [0.05, 0.1) is 6.04 Å². The number of likely N-dealkylation sites (N-methyl/N-ethyl adjacent to an activating group) is 1. The van der Waals surface area contributed by atoms with Gasteiger partial charge in [0.25, 0.3) is 0 Å². The summed E-state index contributed by atoms with van der Waals surface area (Å²) in [7, 11) is 2.43. The number of benzene rings is 3. The molecule has 0 N–H and O–H groups in total. The minimum absolute atomic E-state index is 0.0109. The molecule has 3 fully saturated rings. The molecule has 0 radical (unpaired) electrons. The predicted octanol–water partition coefficient (Wildman–Crippen LogP) is 7.56. The Morgan fingerprint density at radius 3 is 1.98 bits per heavy atom. The summed E-state index contributed by atoms with van der Waals surface area (Å²) in [5.74, 6) is 0.646. The van der Waals surface area contributed by atoms with Crippen molar-refractivity contribution in [1.82, 2.24) is 9.80 Å². The Morgan fingerprint density at radius 1 is 0.638 bits per heavy atom. The highest BCUT2D eigenvalue weighted by Gasteiger charge is 2.48. The second-order valence-corrected chi connectivity index (χ2v) is 15.1. The van der Waals surface area contributed by atoms with Gasteiger partial charge in [0.1, 0.15) is 0 Å². The van der Waals surface area contributed by atoms with E-state index in [1.807, 2.05) is 0 Å². The molecule has 3 heterocycles. The number of piperidine rings is 1. The minimum Gasteiger partial charge on any atom is -0.371 e. The molecule has 47 heavy (non-hydrogen) atoms. The van der Waals surface area contributed by atoms with Gasteiger partial charge in [-0.1, -0.05) is 77.4 Å². The van der Waals surface area contributed by atoms with Gasteiger partial charge in [0.2, 0.25) is 0 Å². The fourth-order valence-electron chi connectivity index (χ4n) is 8.84. The van der Waals surface area contributed by atoms with Crippen molar-refractivity contribution in [3.63, 3.8) is 0 Å². The molecule has 5 atom stereocenters. The number of rotatable bonds is 6. The van der Waals surface area contributed by atoms with Crippen LogP contribution in [0, 0.1) is 19.8 Å². The number of hydrogen-bond acceptors (Lipinski definition) is 5. The highest BCUT2D eigenvalue weighted by molar-refractivity contribution is 5.54. The largest absolute Gasteiger partial charge is 0.371 e. The van der Waals surface area contributed by atoms with Crippen LogP contribution in [0.3, 0.4) is 0 Å². The molecule has 3 aromatic carbocycles. The number of para-hydroxylation sites is 1. The van der Waals surface area contributed by atoms with E-state index in [1.54, 1.807) is 0 Å². The zero-order valence-electron chi connectivity index (χ0n) is 29.4. The fourth-order valence-corrected chi connectivity index (χ4v) is 8.84. The topological polar surface area (TPSA) is 16.2 Å². The highest BCUT2D eigenvalue weighted by atomic mass is 15.4. The van der Waals surface area contributed by atoms with E-state index < -0.39 is 0 Å². The van der Waals surface area contributed by atoms with Gasteiger partial charge in [-0.25, -0.2) is 0 Å². The van der Waals surface area contributed by atoms with Crippen molar-refractivity contribution in [2.24, 2.45) is 5.92 Å². The Hall–Kier alpha value is -3.54. The van der Waals surface area contributed by atoms with Crippen molar-refractivity contribution in [2.45, 2.75) is 70.6 Å². The van der Waals surface area contributed by atoms with Crippen molar-refractivity contribution in [3.05, 3.63) is 114 Å². The zero-order valence-corrected chi connectivity index (χ0v) is 29.4. The summed E-state index contributed by atoms with van der Waals surface area (Å²) in [5.41, 5.74) is 8.12. The molecule has 248 valence electrons. The van der Waals surface area contributed by atoms with Crippen LogP contribution in [0.25, 0.3) is 0 Å². The molecule has 7 rings (SSSR count). The van der Waals surface area contributed by atoms with Crippen molar-refractivity contribution in [1.29, 1.82) is 0 Å². The summed E-state index contributed by atoms with van der Waals surface area (Å²) in [6, 6.07) is 30.9. The number of allylic oxidation sites excluding steroid dienone is 2. The Morgan fingerprint density at radius 2 is 1.30 bits per heavy atom. The first kappa shape index (κ1) is 32.0. The third kappa shape index (κ3) is 6.75. The van der Waals surface area contributed by atoms with Crippen molar-refractivity contribution < 1.29 is 0 Å². The molecule has 1 aliphatic carbocycles. The molecule has 0 spiro atoms. The van der Waals surface area contributed by atoms with E-state index in [4.69, 9.17) is 0 Å². The standard InChI is InChI=1S/C42H55N5/c1-32-13-17-37(18-14-32)44-25-9-10-35(28-44)39-31-47(42(4)23-21-34(3)22-24-42)41(29-43(39)5)40-30-45(36-11-7-6-8-12-36)26-27-46(40)38-19-15-33(2)16-20-38/h6-8,11-23,35,39-41H,9-10,24-31H2,1-5H3. The van der Waals surface area contributed by atoms with Gasteiger partial charge >= 0.3 is 0 Å². The maximum atomic E-state index is 2.96. The maximum Gasteiger partial charge on any atom is 0.0633 e. The van der Waals surface area contributed by atoms with Crippen LogP contribution < -0.4 is 14.7 Å². The summed E-state index contributed by atoms with van der Waals surface area (Å²) in [6.45, 7) is 16.7. The van der Waals surface area contributed by atoms with E-state index in [1.165, 1.54) is 46.6 Å². The summed E-state index contributed by atoms with van der Waals surface area (Å²) in [5, 5.41) is 0. The van der Waals surface area contributed by atoms with Crippen LogP contribution in [0.15, 0.2) is 103 Å². The molecule has 3 aliphatic heterocycles. The van der Waals surface area contributed by atoms with E-state index >= 15 is 0 Å². The van der Waals surface area contributed by atoms with Gasteiger partial charge in [-0.15, -0.1) is 0 Å². The number of hydrogen-bond donors (Lipinski definition) is 0. The quantitative estimate of drug-likeness (QED) is 0.279. The molecule has 3 saturated heterocycles. The minimum atomic E-state index is -0.0109. The second-order valence-electron chi connectivity index (χ2n) is 15.1. The molecule has 5 nitrogen and oxygen atoms in total. The Labute approximate surface area is 284 Å². The predicted molar refractivity (Wildman–Crippen MR) is 200 cm³/mol. The maximum absolute atomic E-state index is 2.96. The third-order valence-electron chi connectivity index (χ3n) is 11.8. The van der Waals surface area contributed by atoms with Crippen LogP contribution in [-0.2, 0) is 0 Å². The molecular weight excluding hydrogens is 574 g/mol. The molecule has 5 heteroatoms. The van der Waals surface area contributed by atoms with Gasteiger partial charge in [-0.2, -0.15) is 0 Å². The Bertz CT molecular complexity index is 1550. The summed E-state index contributed by atoms with van der Waals surface area (Å²) >= 11 is 0. The fraction of sp³-hybridized carbons (Fsp3) is 0.476. The third-order valence-corrected chi connectivity index (χ3v) is 11.8. The van der Waals surface area contributed by atoms with E-state index in [0.29, 0.717) is 24.0 Å². The van der Waals surface area contributed by atoms with Crippen molar-refractivity contribution >= 4 is 17.1 Å². The lowest BCUT2D eigenvalue weighted by molar-refractivity contribution is -0.0370. The van der Waals surface area contributed by atoms with Crippen LogP contribution >= 0.6 is 0 Å². The number of nitrogens with zero attached hydrogens (tertiary/aromatic N) is 5. The average molecular weight is 630 g/mol. The van der Waals surface area contributed by atoms with Gasteiger partial charge in [-0.3, -0.25) is 4.90 Å². The van der Waals surface area contributed by atoms with Crippen LogP contribution in [0.4, 0.5) is 17.1 Å². The summed E-state index contributed by atoms with van der Waals surface area (Å²) in [4.78, 5) is 13.8. The highest BCUT2D eigenvalue weighted by Crippen LogP contribution is 2.39. The first-order chi connectivity index (χ1) is 22.8. The molecule has 0 saturated carbocycles. The van der Waals surface area contributed by atoms with E-state index in [0.717, 1.165) is 52.2 Å². The monoisotopic (exact) mass is 629 g/mol. The Balaban J connectivity index is 1.22. The van der Waals surface area contributed by atoms with E-state index in [-0.39, 0.29) is 5.54 Å². The van der Waals surface area contributed by atoms with E-state index in [9.17, 15) is 0 Å².